The summed E-state index contributed by atoms with van der Waals surface area (Å²) in [5.74, 6) is -1.08. The Balaban J connectivity index is 1.76. The van der Waals surface area contributed by atoms with Gasteiger partial charge in [0.15, 0.2) is 0 Å². The lowest BCUT2D eigenvalue weighted by atomic mass is 10.1. The number of benzene rings is 1. The third kappa shape index (κ3) is 9.43. The molecule has 0 radical (unpaired) electrons. The molecule has 0 aliphatic carbocycles. The summed E-state index contributed by atoms with van der Waals surface area (Å²) in [6.07, 6.45) is 12.3. The van der Waals surface area contributed by atoms with E-state index in [9.17, 15) is 14.4 Å². The zero-order valence-corrected chi connectivity index (χ0v) is 19.7. The first-order chi connectivity index (χ1) is 15.5. The normalized spacial score (nSPS) is 16.2. The number of rotatable bonds is 13. The molecule has 1 aromatic rings. The molecule has 0 spiro atoms. The standard InChI is InChI=1S/C25H35ClN2O4/c1-2-3-4-5-6-7-8-9-18-32-24(30)19-22-25(31)27-16-17-28(22)23(29)15-12-20-10-13-21(26)14-11-20/h10-15,22H,2-9,16-19H2,1H3,(H,27,31)/b15-12+. The van der Waals surface area contributed by atoms with Crippen molar-refractivity contribution in [2.24, 2.45) is 0 Å². The van der Waals surface area contributed by atoms with Crippen LogP contribution in [0.15, 0.2) is 30.3 Å². The van der Waals surface area contributed by atoms with Crippen LogP contribution >= 0.6 is 11.6 Å². The van der Waals surface area contributed by atoms with Crippen LogP contribution in [0, 0.1) is 0 Å². The molecular formula is C25H35ClN2O4. The van der Waals surface area contributed by atoms with Gasteiger partial charge in [0, 0.05) is 24.2 Å². The van der Waals surface area contributed by atoms with Crippen LogP contribution in [0.2, 0.25) is 5.02 Å². The maximum absolute atomic E-state index is 12.7. The zero-order chi connectivity index (χ0) is 23.2. The lowest BCUT2D eigenvalue weighted by Crippen LogP contribution is -2.57. The first kappa shape index (κ1) is 25.9. The molecule has 1 aromatic carbocycles. The fourth-order valence-corrected chi connectivity index (χ4v) is 3.78. The van der Waals surface area contributed by atoms with Crippen molar-refractivity contribution in [3.05, 3.63) is 40.9 Å². The van der Waals surface area contributed by atoms with E-state index in [1.807, 2.05) is 0 Å². The van der Waals surface area contributed by atoms with E-state index in [0.717, 1.165) is 24.8 Å². The van der Waals surface area contributed by atoms with E-state index < -0.39 is 12.0 Å². The molecule has 1 fully saturated rings. The van der Waals surface area contributed by atoms with Crippen LogP contribution in [0.25, 0.3) is 6.08 Å². The minimum atomic E-state index is -0.850. The number of hydrogen-bond donors (Lipinski definition) is 1. The first-order valence-electron chi connectivity index (χ1n) is 11.7. The number of hydrogen-bond acceptors (Lipinski definition) is 4. The predicted octanol–water partition coefficient (Wildman–Crippen LogP) is 4.75. The number of halogens is 1. The van der Waals surface area contributed by atoms with Gasteiger partial charge in [-0.15, -0.1) is 0 Å². The predicted molar refractivity (Wildman–Crippen MR) is 127 cm³/mol. The number of esters is 1. The summed E-state index contributed by atoms with van der Waals surface area (Å²) in [6, 6.07) is 6.23. The molecule has 1 unspecified atom stereocenters. The number of carbonyl (C=O) groups excluding carboxylic acids is 3. The maximum atomic E-state index is 12.7. The van der Waals surface area contributed by atoms with Crippen molar-refractivity contribution in [1.82, 2.24) is 10.2 Å². The van der Waals surface area contributed by atoms with E-state index in [0.29, 0.717) is 24.7 Å². The average molecular weight is 463 g/mol. The van der Waals surface area contributed by atoms with Gasteiger partial charge in [-0.25, -0.2) is 0 Å². The van der Waals surface area contributed by atoms with Gasteiger partial charge in [-0.1, -0.05) is 75.6 Å². The van der Waals surface area contributed by atoms with E-state index >= 15 is 0 Å². The van der Waals surface area contributed by atoms with Crippen LogP contribution in [0.1, 0.15) is 70.3 Å². The Bertz CT molecular complexity index is 764. The van der Waals surface area contributed by atoms with Crippen molar-refractivity contribution in [2.75, 3.05) is 19.7 Å². The highest BCUT2D eigenvalue weighted by molar-refractivity contribution is 6.30. The molecule has 7 heteroatoms. The Hall–Kier alpha value is -2.34. The lowest BCUT2D eigenvalue weighted by molar-refractivity contribution is -0.150. The topological polar surface area (TPSA) is 75.7 Å². The molecule has 32 heavy (non-hydrogen) atoms. The highest BCUT2D eigenvalue weighted by atomic mass is 35.5. The third-order valence-corrected chi connectivity index (χ3v) is 5.78. The largest absolute Gasteiger partial charge is 0.466 e. The number of nitrogens with zero attached hydrogens (tertiary/aromatic N) is 1. The van der Waals surface area contributed by atoms with E-state index in [1.54, 1.807) is 30.3 Å². The molecular weight excluding hydrogens is 428 g/mol. The Kier molecular flexibility index (Phi) is 11.9. The molecule has 0 bridgehead atoms. The van der Waals surface area contributed by atoms with E-state index in [-0.39, 0.29) is 18.2 Å². The van der Waals surface area contributed by atoms with Gasteiger partial charge in [-0.2, -0.15) is 0 Å². The molecule has 176 valence electrons. The lowest BCUT2D eigenvalue weighted by Gasteiger charge is -2.33. The number of carbonyl (C=O) groups is 3. The van der Waals surface area contributed by atoms with Gasteiger partial charge < -0.3 is 15.0 Å². The Morgan fingerprint density at radius 1 is 1.09 bits per heavy atom. The van der Waals surface area contributed by atoms with Crippen LogP contribution < -0.4 is 5.32 Å². The Morgan fingerprint density at radius 3 is 2.44 bits per heavy atom. The number of piperazine rings is 1. The van der Waals surface area contributed by atoms with E-state index in [2.05, 4.69) is 12.2 Å². The molecule has 6 nitrogen and oxygen atoms in total. The van der Waals surface area contributed by atoms with Gasteiger partial charge in [-0.05, 0) is 30.2 Å². The van der Waals surface area contributed by atoms with Crippen molar-refractivity contribution in [3.63, 3.8) is 0 Å². The highest BCUT2D eigenvalue weighted by Gasteiger charge is 2.34. The second-order valence-electron chi connectivity index (χ2n) is 8.12. The summed E-state index contributed by atoms with van der Waals surface area (Å²) in [6.45, 7) is 3.28. The van der Waals surface area contributed by atoms with Crippen LogP contribution in [0.4, 0.5) is 0 Å². The van der Waals surface area contributed by atoms with E-state index in [1.165, 1.54) is 43.1 Å². The third-order valence-electron chi connectivity index (χ3n) is 5.52. The molecule has 2 amide bonds. The van der Waals surface area contributed by atoms with E-state index in [4.69, 9.17) is 16.3 Å². The summed E-state index contributed by atoms with van der Waals surface area (Å²) in [5.41, 5.74) is 0.825. The molecule has 2 rings (SSSR count). The van der Waals surface area contributed by atoms with Crippen LogP contribution in [0.3, 0.4) is 0 Å². The minimum absolute atomic E-state index is 0.136. The summed E-state index contributed by atoms with van der Waals surface area (Å²) >= 11 is 5.88. The molecule has 1 aliphatic rings. The summed E-state index contributed by atoms with van der Waals surface area (Å²) in [4.78, 5) is 38.7. The number of unbranched alkanes of at least 4 members (excludes halogenated alkanes) is 7. The highest BCUT2D eigenvalue weighted by Crippen LogP contribution is 2.14. The second-order valence-corrected chi connectivity index (χ2v) is 8.56. The van der Waals surface area contributed by atoms with Crippen molar-refractivity contribution in [3.8, 4) is 0 Å². The van der Waals surface area contributed by atoms with Gasteiger partial charge in [0.05, 0.1) is 13.0 Å². The Labute approximate surface area is 196 Å². The molecule has 1 heterocycles. The van der Waals surface area contributed by atoms with Crippen LogP contribution in [-0.2, 0) is 19.1 Å². The number of ether oxygens (including phenoxy) is 1. The van der Waals surface area contributed by atoms with Crippen molar-refractivity contribution < 1.29 is 19.1 Å². The number of nitrogens with one attached hydrogen (secondary N) is 1. The minimum Gasteiger partial charge on any atom is -0.466 e. The molecule has 1 aliphatic heterocycles. The average Bonchev–Trinajstić information content (AvgIpc) is 2.78. The molecule has 1 saturated heterocycles. The molecule has 1 N–H and O–H groups in total. The van der Waals surface area contributed by atoms with Gasteiger partial charge in [0.2, 0.25) is 11.8 Å². The molecule has 1 atom stereocenters. The number of amides is 2. The zero-order valence-electron chi connectivity index (χ0n) is 19.0. The summed E-state index contributed by atoms with van der Waals surface area (Å²) < 4.78 is 5.32. The monoisotopic (exact) mass is 462 g/mol. The SMILES string of the molecule is CCCCCCCCCCOC(=O)CC1C(=O)NCCN1C(=O)/C=C/c1ccc(Cl)cc1. The van der Waals surface area contributed by atoms with Crippen molar-refractivity contribution in [1.29, 1.82) is 0 Å². The Morgan fingerprint density at radius 2 is 1.75 bits per heavy atom. The summed E-state index contributed by atoms with van der Waals surface area (Å²) in [5, 5.41) is 3.35. The molecule has 0 aromatic heterocycles. The second kappa shape index (κ2) is 14.7. The van der Waals surface area contributed by atoms with Gasteiger partial charge >= 0.3 is 5.97 Å². The van der Waals surface area contributed by atoms with Crippen molar-refractivity contribution in [2.45, 2.75) is 70.8 Å². The van der Waals surface area contributed by atoms with Crippen LogP contribution in [0.5, 0.6) is 0 Å². The fourth-order valence-electron chi connectivity index (χ4n) is 3.66. The smallest absolute Gasteiger partial charge is 0.308 e. The first-order valence-corrected chi connectivity index (χ1v) is 12.1. The molecule has 0 saturated carbocycles. The van der Waals surface area contributed by atoms with Gasteiger partial charge in [0.25, 0.3) is 0 Å². The summed E-state index contributed by atoms with van der Waals surface area (Å²) in [7, 11) is 0. The fraction of sp³-hybridized carbons (Fsp3) is 0.560. The quantitative estimate of drug-likeness (QED) is 0.260. The van der Waals surface area contributed by atoms with Gasteiger partial charge in [-0.3, -0.25) is 14.4 Å². The van der Waals surface area contributed by atoms with Crippen molar-refractivity contribution >= 4 is 35.5 Å². The van der Waals surface area contributed by atoms with Gasteiger partial charge in [0.1, 0.15) is 6.04 Å². The van der Waals surface area contributed by atoms with Crippen LogP contribution in [-0.4, -0.2) is 48.4 Å². The maximum Gasteiger partial charge on any atom is 0.308 e.